The number of rotatable bonds is 3. The summed E-state index contributed by atoms with van der Waals surface area (Å²) in [5, 5.41) is 10.1. The van der Waals surface area contributed by atoms with Crippen LogP contribution >= 0.6 is 15.9 Å². The van der Waals surface area contributed by atoms with Crippen molar-refractivity contribution in [2.45, 2.75) is 38.3 Å². The van der Waals surface area contributed by atoms with Crippen molar-refractivity contribution in [2.75, 3.05) is 0 Å². The Hall–Kier alpha value is -0.380. The molecule has 0 bridgehead atoms. The molecule has 2 rings (SSSR count). The Morgan fingerprint density at radius 3 is 2.62 bits per heavy atom. The molecule has 3 heteroatoms. The van der Waals surface area contributed by atoms with E-state index in [9.17, 15) is 5.11 Å². The van der Waals surface area contributed by atoms with Gasteiger partial charge in [0, 0.05) is 4.47 Å². The predicted octanol–water partition coefficient (Wildman–Crippen LogP) is 2.92. The van der Waals surface area contributed by atoms with E-state index in [1.54, 1.807) is 0 Å². The van der Waals surface area contributed by atoms with E-state index in [-0.39, 0.29) is 6.04 Å². The highest BCUT2D eigenvalue weighted by molar-refractivity contribution is 9.10. The quantitative estimate of drug-likeness (QED) is 0.896. The van der Waals surface area contributed by atoms with E-state index in [1.165, 1.54) is 12.0 Å². The van der Waals surface area contributed by atoms with Gasteiger partial charge in [0.15, 0.2) is 0 Å². The molecule has 3 N–H and O–H groups in total. The summed E-state index contributed by atoms with van der Waals surface area (Å²) in [7, 11) is 0. The molecule has 1 aromatic carbocycles. The van der Waals surface area contributed by atoms with E-state index < -0.39 is 6.10 Å². The maximum atomic E-state index is 10.1. The summed E-state index contributed by atoms with van der Waals surface area (Å²) in [6.07, 6.45) is 3.04. The molecule has 0 aromatic heterocycles. The molecule has 1 saturated carbocycles. The topological polar surface area (TPSA) is 46.2 Å². The number of aliphatic hydroxyl groups is 1. The van der Waals surface area contributed by atoms with Gasteiger partial charge in [-0.05, 0) is 42.9 Å². The first-order chi connectivity index (χ1) is 7.59. The average Bonchev–Trinajstić information content (AvgIpc) is 2.14. The second-order valence-corrected chi connectivity index (χ2v) is 5.59. The standard InChI is InChI=1S/C13H18BrNO/c1-8-5-6-10(11(14)7-8)12(15)13(16)9-3-2-4-9/h5-7,9,12-13,16H,2-4,15H2,1H3/t12-,13+/m0/s1. The van der Waals surface area contributed by atoms with Crippen molar-refractivity contribution in [1.29, 1.82) is 0 Å². The first-order valence-corrected chi connectivity index (χ1v) is 6.58. The molecular formula is C13H18BrNO. The third-order valence-electron chi connectivity index (χ3n) is 3.52. The van der Waals surface area contributed by atoms with Crippen molar-refractivity contribution in [3.8, 4) is 0 Å². The SMILES string of the molecule is Cc1ccc([C@H](N)[C@H](O)C2CCC2)c(Br)c1. The summed E-state index contributed by atoms with van der Waals surface area (Å²) in [4.78, 5) is 0. The zero-order valence-electron chi connectivity index (χ0n) is 9.49. The van der Waals surface area contributed by atoms with Crippen LogP contribution in [-0.2, 0) is 0 Å². The number of halogens is 1. The van der Waals surface area contributed by atoms with E-state index >= 15 is 0 Å². The fraction of sp³-hybridized carbons (Fsp3) is 0.538. The van der Waals surface area contributed by atoms with E-state index in [1.807, 2.05) is 25.1 Å². The fourth-order valence-electron chi connectivity index (χ4n) is 2.16. The molecule has 0 amide bonds. The molecule has 0 heterocycles. The van der Waals surface area contributed by atoms with Gasteiger partial charge in [0.05, 0.1) is 12.1 Å². The molecule has 0 unspecified atom stereocenters. The number of nitrogens with two attached hydrogens (primary N) is 1. The first kappa shape index (κ1) is 12.1. The molecule has 1 aromatic rings. The Kier molecular flexibility index (Phi) is 3.67. The monoisotopic (exact) mass is 283 g/mol. The van der Waals surface area contributed by atoms with Gasteiger partial charge in [-0.15, -0.1) is 0 Å². The highest BCUT2D eigenvalue weighted by Gasteiger charge is 2.31. The molecule has 1 aliphatic carbocycles. The molecule has 0 aliphatic heterocycles. The Balaban J connectivity index is 2.15. The maximum absolute atomic E-state index is 10.1. The lowest BCUT2D eigenvalue weighted by atomic mass is 9.77. The van der Waals surface area contributed by atoms with Gasteiger partial charge in [-0.25, -0.2) is 0 Å². The maximum Gasteiger partial charge on any atom is 0.0761 e. The summed E-state index contributed by atoms with van der Waals surface area (Å²) >= 11 is 3.51. The molecule has 0 radical (unpaired) electrons. The van der Waals surface area contributed by atoms with Gasteiger partial charge in [-0.1, -0.05) is 34.5 Å². The highest BCUT2D eigenvalue weighted by Crippen LogP contribution is 2.36. The van der Waals surface area contributed by atoms with Crippen LogP contribution in [0.1, 0.15) is 36.4 Å². The van der Waals surface area contributed by atoms with Crippen LogP contribution in [0.2, 0.25) is 0 Å². The molecule has 2 atom stereocenters. The third-order valence-corrected chi connectivity index (χ3v) is 4.20. The lowest BCUT2D eigenvalue weighted by Gasteiger charge is -2.34. The number of hydrogen-bond acceptors (Lipinski definition) is 2. The second-order valence-electron chi connectivity index (χ2n) is 4.73. The normalized spacial score (nSPS) is 20.2. The van der Waals surface area contributed by atoms with Gasteiger partial charge < -0.3 is 10.8 Å². The van der Waals surface area contributed by atoms with Crippen molar-refractivity contribution in [3.05, 3.63) is 33.8 Å². The highest BCUT2D eigenvalue weighted by atomic mass is 79.9. The Bertz CT molecular complexity index is 376. The van der Waals surface area contributed by atoms with Crippen molar-refractivity contribution in [3.63, 3.8) is 0 Å². The number of aryl methyl sites for hydroxylation is 1. The Morgan fingerprint density at radius 1 is 1.44 bits per heavy atom. The van der Waals surface area contributed by atoms with Crippen molar-refractivity contribution in [2.24, 2.45) is 11.7 Å². The van der Waals surface area contributed by atoms with Crippen LogP contribution in [0.15, 0.2) is 22.7 Å². The molecular weight excluding hydrogens is 266 g/mol. The van der Waals surface area contributed by atoms with Crippen molar-refractivity contribution in [1.82, 2.24) is 0 Å². The largest absolute Gasteiger partial charge is 0.391 e. The summed E-state index contributed by atoms with van der Waals surface area (Å²) < 4.78 is 0.998. The van der Waals surface area contributed by atoms with Crippen LogP contribution in [-0.4, -0.2) is 11.2 Å². The zero-order valence-corrected chi connectivity index (χ0v) is 11.1. The summed E-state index contributed by atoms with van der Waals surface area (Å²) in [5.74, 6) is 0.392. The predicted molar refractivity (Wildman–Crippen MR) is 69.2 cm³/mol. The molecule has 16 heavy (non-hydrogen) atoms. The van der Waals surface area contributed by atoms with Gasteiger partial charge in [0.2, 0.25) is 0 Å². The molecule has 2 nitrogen and oxygen atoms in total. The minimum Gasteiger partial charge on any atom is -0.391 e. The van der Waals surface area contributed by atoms with Gasteiger partial charge in [-0.3, -0.25) is 0 Å². The van der Waals surface area contributed by atoms with E-state index in [0.29, 0.717) is 5.92 Å². The summed E-state index contributed by atoms with van der Waals surface area (Å²) in [6, 6.07) is 5.81. The van der Waals surface area contributed by atoms with Crippen LogP contribution in [0.5, 0.6) is 0 Å². The van der Waals surface area contributed by atoms with E-state index in [0.717, 1.165) is 22.9 Å². The Morgan fingerprint density at radius 2 is 2.12 bits per heavy atom. The summed E-state index contributed by atoms with van der Waals surface area (Å²) in [6.45, 7) is 2.04. The van der Waals surface area contributed by atoms with Crippen LogP contribution in [0, 0.1) is 12.8 Å². The number of aliphatic hydroxyl groups excluding tert-OH is 1. The average molecular weight is 284 g/mol. The van der Waals surface area contributed by atoms with Gasteiger partial charge in [0.1, 0.15) is 0 Å². The van der Waals surface area contributed by atoms with Gasteiger partial charge >= 0.3 is 0 Å². The number of benzene rings is 1. The lowest BCUT2D eigenvalue weighted by Crippen LogP contribution is -2.36. The smallest absolute Gasteiger partial charge is 0.0761 e. The fourth-order valence-corrected chi connectivity index (χ4v) is 2.92. The third kappa shape index (κ3) is 2.31. The first-order valence-electron chi connectivity index (χ1n) is 5.79. The molecule has 88 valence electrons. The van der Waals surface area contributed by atoms with E-state index in [2.05, 4.69) is 15.9 Å². The van der Waals surface area contributed by atoms with Gasteiger partial charge in [-0.2, -0.15) is 0 Å². The Labute approximate surface area is 105 Å². The number of hydrogen-bond donors (Lipinski definition) is 2. The molecule has 0 saturated heterocycles. The second kappa shape index (κ2) is 4.86. The molecule has 0 spiro atoms. The van der Waals surface area contributed by atoms with Crippen LogP contribution < -0.4 is 5.73 Å². The minimum absolute atomic E-state index is 0.278. The minimum atomic E-state index is -0.409. The van der Waals surface area contributed by atoms with Crippen molar-refractivity contribution >= 4 is 15.9 Å². The van der Waals surface area contributed by atoms with Crippen LogP contribution in [0.3, 0.4) is 0 Å². The molecule has 1 aliphatic rings. The van der Waals surface area contributed by atoms with Crippen LogP contribution in [0.25, 0.3) is 0 Å². The zero-order chi connectivity index (χ0) is 11.7. The van der Waals surface area contributed by atoms with Crippen molar-refractivity contribution < 1.29 is 5.11 Å². The van der Waals surface area contributed by atoms with Crippen LogP contribution in [0.4, 0.5) is 0 Å². The lowest BCUT2D eigenvalue weighted by molar-refractivity contribution is 0.0412. The van der Waals surface area contributed by atoms with E-state index in [4.69, 9.17) is 5.73 Å². The molecule has 1 fully saturated rings. The summed E-state index contributed by atoms with van der Waals surface area (Å²) in [5.41, 5.74) is 8.32. The van der Waals surface area contributed by atoms with Gasteiger partial charge in [0.25, 0.3) is 0 Å².